The van der Waals surface area contributed by atoms with Gasteiger partial charge in [0.05, 0.1) is 13.7 Å². The molecule has 0 saturated heterocycles. The molecule has 22 heavy (non-hydrogen) atoms. The second-order valence-corrected chi connectivity index (χ2v) is 5.85. The SMILES string of the molecule is COC(=O)c1cc(Cl)ccc1OCCNC(=O)OC(C)(C)C. The first-order valence-electron chi connectivity index (χ1n) is 6.70. The Labute approximate surface area is 134 Å². The highest BCUT2D eigenvalue weighted by molar-refractivity contribution is 6.31. The number of hydrogen-bond acceptors (Lipinski definition) is 5. The molecule has 0 aliphatic heterocycles. The minimum absolute atomic E-state index is 0.171. The molecule has 0 aliphatic rings. The number of esters is 1. The number of halogens is 1. The molecule has 0 heterocycles. The van der Waals surface area contributed by atoms with Crippen LogP contribution in [0, 0.1) is 0 Å². The lowest BCUT2D eigenvalue weighted by molar-refractivity contribution is 0.0516. The highest BCUT2D eigenvalue weighted by Gasteiger charge is 2.16. The molecule has 1 aromatic carbocycles. The Hall–Kier alpha value is -1.95. The molecule has 122 valence electrons. The van der Waals surface area contributed by atoms with Crippen LogP contribution in [-0.2, 0) is 9.47 Å². The van der Waals surface area contributed by atoms with Gasteiger partial charge in [0.2, 0.25) is 0 Å². The molecule has 1 amide bonds. The number of methoxy groups -OCH3 is 1. The monoisotopic (exact) mass is 329 g/mol. The minimum Gasteiger partial charge on any atom is -0.491 e. The number of hydrogen-bond donors (Lipinski definition) is 1. The summed E-state index contributed by atoms with van der Waals surface area (Å²) in [6.45, 7) is 5.74. The average molecular weight is 330 g/mol. The lowest BCUT2D eigenvalue weighted by Gasteiger charge is -2.19. The Morgan fingerprint density at radius 2 is 1.95 bits per heavy atom. The number of alkyl carbamates (subject to hydrolysis) is 1. The van der Waals surface area contributed by atoms with E-state index in [-0.39, 0.29) is 18.7 Å². The van der Waals surface area contributed by atoms with E-state index < -0.39 is 17.7 Å². The highest BCUT2D eigenvalue weighted by Crippen LogP contribution is 2.23. The van der Waals surface area contributed by atoms with Crippen molar-refractivity contribution in [2.24, 2.45) is 0 Å². The van der Waals surface area contributed by atoms with Gasteiger partial charge in [-0.1, -0.05) is 11.6 Å². The fourth-order valence-electron chi connectivity index (χ4n) is 1.53. The first-order chi connectivity index (χ1) is 10.2. The van der Waals surface area contributed by atoms with E-state index in [2.05, 4.69) is 10.1 Å². The van der Waals surface area contributed by atoms with Crippen LogP contribution < -0.4 is 10.1 Å². The molecule has 0 atom stereocenters. The minimum atomic E-state index is -0.556. The third kappa shape index (κ3) is 6.22. The van der Waals surface area contributed by atoms with Crippen LogP contribution in [0.4, 0.5) is 4.79 Å². The third-order valence-electron chi connectivity index (χ3n) is 2.37. The first-order valence-corrected chi connectivity index (χ1v) is 7.08. The number of ether oxygens (including phenoxy) is 3. The maximum atomic E-state index is 11.6. The fourth-order valence-corrected chi connectivity index (χ4v) is 1.70. The normalized spacial score (nSPS) is 10.8. The molecule has 0 unspecified atom stereocenters. The van der Waals surface area contributed by atoms with Gasteiger partial charge in [-0.15, -0.1) is 0 Å². The van der Waals surface area contributed by atoms with Crippen LogP contribution in [0.15, 0.2) is 18.2 Å². The van der Waals surface area contributed by atoms with Crippen molar-refractivity contribution >= 4 is 23.7 Å². The zero-order valence-corrected chi connectivity index (χ0v) is 13.8. The van der Waals surface area contributed by atoms with Gasteiger partial charge in [-0.05, 0) is 39.0 Å². The van der Waals surface area contributed by atoms with E-state index in [1.54, 1.807) is 32.9 Å². The van der Waals surface area contributed by atoms with Crippen LogP contribution in [0.5, 0.6) is 5.75 Å². The predicted molar refractivity (Wildman–Crippen MR) is 82.5 cm³/mol. The Morgan fingerprint density at radius 3 is 2.55 bits per heavy atom. The summed E-state index contributed by atoms with van der Waals surface area (Å²) in [5.41, 5.74) is -0.327. The van der Waals surface area contributed by atoms with E-state index in [4.69, 9.17) is 21.1 Å². The van der Waals surface area contributed by atoms with Crippen molar-refractivity contribution in [1.29, 1.82) is 0 Å². The van der Waals surface area contributed by atoms with E-state index in [0.717, 1.165) is 0 Å². The molecule has 0 aliphatic carbocycles. The molecule has 7 heteroatoms. The summed E-state index contributed by atoms with van der Waals surface area (Å²) in [5, 5.41) is 2.96. The topological polar surface area (TPSA) is 73.9 Å². The van der Waals surface area contributed by atoms with Gasteiger partial charge >= 0.3 is 12.1 Å². The molecule has 0 radical (unpaired) electrons. The number of carbonyl (C=O) groups is 2. The summed E-state index contributed by atoms with van der Waals surface area (Å²) < 4.78 is 15.2. The van der Waals surface area contributed by atoms with E-state index in [0.29, 0.717) is 10.8 Å². The lowest BCUT2D eigenvalue weighted by Crippen LogP contribution is -2.34. The Bertz CT molecular complexity index is 539. The summed E-state index contributed by atoms with van der Waals surface area (Å²) in [6, 6.07) is 4.64. The van der Waals surface area contributed by atoms with Crippen molar-refractivity contribution in [3.63, 3.8) is 0 Å². The van der Waals surface area contributed by atoms with Gasteiger partial charge in [-0.2, -0.15) is 0 Å². The maximum absolute atomic E-state index is 11.6. The Kier molecular flexibility index (Phi) is 6.49. The Morgan fingerprint density at radius 1 is 1.27 bits per heavy atom. The van der Waals surface area contributed by atoms with Gasteiger partial charge in [-0.25, -0.2) is 9.59 Å². The first kappa shape index (κ1) is 18.1. The van der Waals surface area contributed by atoms with Crippen LogP contribution in [0.3, 0.4) is 0 Å². The van der Waals surface area contributed by atoms with Gasteiger partial charge in [0.25, 0.3) is 0 Å². The van der Waals surface area contributed by atoms with Crippen LogP contribution in [0.2, 0.25) is 5.02 Å². The molecule has 1 rings (SSSR count). The van der Waals surface area contributed by atoms with E-state index in [1.807, 2.05) is 0 Å². The quantitative estimate of drug-likeness (QED) is 0.664. The van der Waals surface area contributed by atoms with Crippen molar-refractivity contribution in [3.05, 3.63) is 28.8 Å². The van der Waals surface area contributed by atoms with Crippen LogP contribution in [-0.4, -0.2) is 37.9 Å². The second kappa shape index (κ2) is 7.89. The zero-order valence-electron chi connectivity index (χ0n) is 13.1. The van der Waals surface area contributed by atoms with Crippen molar-refractivity contribution in [2.75, 3.05) is 20.3 Å². The highest BCUT2D eigenvalue weighted by atomic mass is 35.5. The molecular weight excluding hydrogens is 310 g/mol. The number of nitrogens with one attached hydrogen (secondary N) is 1. The average Bonchev–Trinajstić information content (AvgIpc) is 2.42. The molecule has 0 fully saturated rings. The molecule has 0 bridgehead atoms. The largest absolute Gasteiger partial charge is 0.491 e. The summed E-state index contributed by atoms with van der Waals surface area (Å²) in [5.74, 6) is -0.208. The van der Waals surface area contributed by atoms with Crippen LogP contribution >= 0.6 is 11.6 Å². The smallest absolute Gasteiger partial charge is 0.407 e. The summed E-state index contributed by atoms with van der Waals surface area (Å²) in [7, 11) is 1.27. The Balaban J connectivity index is 2.52. The van der Waals surface area contributed by atoms with Gasteiger partial charge in [0, 0.05) is 5.02 Å². The second-order valence-electron chi connectivity index (χ2n) is 5.41. The van der Waals surface area contributed by atoms with Gasteiger partial charge in [0.15, 0.2) is 0 Å². The molecular formula is C15H20ClNO5. The third-order valence-corrected chi connectivity index (χ3v) is 2.61. The van der Waals surface area contributed by atoms with E-state index in [1.165, 1.54) is 13.2 Å². The zero-order chi connectivity index (χ0) is 16.8. The van der Waals surface area contributed by atoms with Crippen molar-refractivity contribution in [3.8, 4) is 5.75 Å². The number of rotatable bonds is 5. The molecule has 0 saturated carbocycles. The maximum Gasteiger partial charge on any atom is 0.407 e. The van der Waals surface area contributed by atoms with Gasteiger partial charge < -0.3 is 19.5 Å². The molecule has 1 N–H and O–H groups in total. The van der Waals surface area contributed by atoms with Crippen LogP contribution in [0.1, 0.15) is 31.1 Å². The molecule has 6 nitrogen and oxygen atoms in total. The summed E-state index contributed by atoms with van der Waals surface area (Å²) in [4.78, 5) is 23.1. The predicted octanol–water partition coefficient (Wildman–Crippen LogP) is 3.03. The van der Waals surface area contributed by atoms with Crippen molar-refractivity contribution < 1.29 is 23.8 Å². The van der Waals surface area contributed by atoms with Gasteiger partial charge in [0.1, 0.15) is 23.5 Å². The number of amides is 1. The van der Waals surface area contributed by atoms with E-state index >= 15 is 0 Å². The number of carbonyl (C=O) groups excluding carboxylic acids is 2. The lowest BCUT2D eigenvalue weighted by atomic mass is 10.2. The molecule has 0 aromatic heterocycles. The molecule has 0 spiro atoms. The fraction of sp³-hybridized carbons (Fsp3) is 0.467. The van der Waals surface area contributed by atoms with Crippen molar-refractivity contribution in [2.45, 2.75) is 26.4 Å². The van der Waals surface area contributed by atoms with Gasteiger partial charge in [-0.3, -0.25) is 0 Å². The standard InChI is InChI=1S/C15H20ClNO5/c1-15(2,3)22-14(19)17-7-8-21-12-6-5-10(16)9-11(12)13(18)20-4/h5-6,9H,7-8H2,1-4H3,(H,17,19). The summed E-state index contributed by atoms with van der Waals surface area (Å²) in [6.07, 6.45) is -0.527. The molecule has 1 aromatic rings. The van der Waals surface area contributed by atoms with Crippen LogP contribution in [0.25, 0.3) is 0 Å². The summed E-state index contributed by atoms with van der Waals surface area (Å²) >= 11 is 5.85. The number of benzene rings is 1. The van der Waals surface area contributed by atoms with E-state index in [9.17, 15) is 9.59 Å². The van der Waals surface area contributed by atoms with Crippen molar-refractivity contribution in [1.82, 2.24) is 5.32 Å².